The number of esters is 1. The van der Waals surface area contributed by atoms with Gasteiger partial charge < -0.3 is 9.84 Å². The number of carboxylic acid groups (broad SMARTS) is 1. The van der Waals surface area contributed by atoms with Crippen molar-refractivity contribution in [2.45, 2.75) is 206 Å². The summed E-state index contributed by atoms with van der Waals surface area (Å²) in [5.41, 5.74) is 0. The van der Waals surface area contributed by atoms with Crippen LogP contribution >= 0.6 is 0 Å². The molecule has 0 aromatic carbocycles. The van der Waals surface area contributed by atoms with Crippen molar-refractivity contribution < 1.29 is 19.4 Å². The second-order valence-corrected chi connectivity index (χ2v) is 13.1. The molecule has 4 nitrogen and oxygen atoms in total. The van der Waals surface area contributed by atoms with E-state index in [1.54, 1.807) is 0 Å². The third kappa shape index (κ3) is 36.4. The molecule has 0 heterocycles. The number of hydrogen-bond donors (Lipinski definition) is 1. The first-order valence-corrected chi connectivity index (χ1v) is 19.6. The normalized spacial score (nSPS) is 12.7. The van der Waals surface area contributed by atoms with Crippen LogP contribution in [-0.4, -0.2) is 23.1 Å². The first-order chi connectivity index (χ1) is 22.6. The molecule has 0 aliphatic heterocycles. The van der Waals surface area contributed by atoms with Crippen LogP contribution < -0.4 is 0 Å². The Labute approximate surface area is 285 Å². The summed E-state index contributed by atoms with van der Waals surface area (Å²) < 4.78 is 5.99. The van der Waals surface area contributed by atoms with Gasteiger partial charge in [-0.25, -0.2) is 0 Å². The molecule has 0 fully saturated rings. The van der Waals surface area contributed by atoms with E-state index >= 15 is 0 Å². The van der Waals surface area contributed by atoms with Crippen molar-refractivity contribution in [2.75, 3.05) is 0 Å². The lowest BCUT2D eigenvalue weighted by Gasteiger charge is -2.18. The topological polar surface area (TPSA) is 63.6 Å². The van der Waals surface area contributed by atoms with Gasteiger partial charge in [0.1, 0.15) is 6.10 Å². The number of ether oxygens (including phenoxy) is 1. The lowest BCUT2D eigenvalue weighted by Crippen LogP contribution is -2.18. The van der Waals surface area contributed by atoms with E-state index in [4.69, 9.17) is 9.84 Å². The van der Waals surface area contributed by atoms with E-state index < -0.39 is 5.97 Å². The van der Waals surface area contributed by atoms with E-state index in [0.717, 1.165) is 103 Å². The third-order valence-corrected chi connectivity index (χ3v) is 8.57. The number of allylic oxidation sites excluding steroid dienone is 8. The molecule has 0 aromatic heterocycles. The molecule has 0 saturated heterocycles. The summed E-state index contributed by atoms with van der Waals surface area (Å²) in [4.78, 5) is 23.4. The monoisotopic (exact) mass is 643 g/mol. The van der Waals surface area contributed by atoms with Gasteiger partial charge in [0.2, 0.25) is 0 Å². The van der Waals surface area contributed by atoms with Gasteiger partial charge >= 0.3 is 11.9 Å². The number of carbonyl (C=O) groups excluding carboxylic acids is 1. The Hall–Kier alpha value is -2.10. The summed E-state index contributed by atoms with van der Waals surface area (Å²) in [6.45, 7) is 4.43. The minimum absolute atomic E-state index is 0.0199. The Morgan fingerprint density at radius 2 is 0.913 bits per heavy atom. The Morgan fingerprint density at radius 1 is 0.500 bits per heavy atom. The molecule has 1 atom stereocenters. The van der Waals surface area contributed by atoms with Crippen molar-refractivity contribution in [3.8, 4) is 0 Å². The van der Waals surface area contributed by atoms with Crippen LogP contribution in [0, 0.1) is 0 Å². The first kappa shape index (κ1) is 43.9. The third-order valence-electron chi connectivity index (χ3n) is 8.57. The van der Waals surface area contributed by atoms with Crippen LogP contribution in [-0.2, 0) is 14.3 Å². The SMILES string of the molecule is CC/C=C\C/C=C\C/C=C\C/C=C\CCCCCCC(=O)OC(CCCCCCCCCCCCC)CCCCCCCC(=O)O. The van der Waals surface area contributed by atoms with Gasteiger partial charge in [0, 0.05) is 12.8 Å². The molecule has 4 heteroatoms. The predicted molar refractivity (Wildman–Crippen MR) is 199 cm³/mol. The number of aliphatic carboxylic acids is 1. The molecule has 266 valence electrons. The summed E-state index contributed by atoms with van der Waals surface area (Å²) in [5.74, 6) is -0.724. The summed E-state index contributed by atoms with van der Waals surface area (Å²) in [5, 5.41) is 8.81. The maximum atomic E-state index is 12.7. The highest BCUT2D eigenvalue weighted by Gasteiger charge is 2.14. The second kappa shape index (κ2) is 37.4. The fourth-order valence-corrected chi connectivity index (χ4v) is 5.70. The van der Waals surface area contributed by atoms with E-state index in [1.165, 1.54) is 70.6 Å². The van der Waals surface area contributed by atoms with Gasteiger partial charge in [-0.05, 0) is 77.0 Å². The van der Waals surface area contributed by atoms with Crippen molar-refractivity contribution in [3.05, 3.63) is 48.6 Å². The van der Waals surface area contributed by atoms with Gasteiger partial charge in [-0.2, -0.15) is 0 Å². The highest BCUT2D eigenvalue weighted by molar-refractivity contribution is 5.69. The lowest BCUT2D eigenvalue weighted by molar-refractivity contribution is -0.150. The average molecular weight is 643 g/mol. The molecule has 46 heavy (non-hydrogen) atoms. The van der Waals surface area contributed by atoms with Crippen molar-refractivity contribution in [2.24, 2.45) is 0 Å². The second-order valence-electron chi connectivity index (χ2n) is 13.1. The molecule has 0 radical (unpaired) electrons. The zero-order valence-corrected chi connectivity index (χ0v) is 30.4. The summed E-state index contributed by atoms with van der Waals surface area (Å²) in [6.07, 6.45) is 49.8. The van der Waals surface area contributed by atoms with E-state index in [-0.39, 0.29) is 18.5 Å². The molecule has 0 spiro atoms. The molecule has 0 saturated carbocycles. The van der Waals surface area contributed by atoms with Crippen LogP contribution in [0.1, 0.15) is 200 Å². The molecule has 0 rings (SSSR count). The predicted octanol–water partition coefficient (Wildman–Crippen LogP) is 13.6. The Morgan fingerprint density at radius 3 is 1.41 bits per heavy atom. The van der Waals surface area contributed by atoms with E-state index in [9.17, 15) is 9.59 Å². The fraction of sp³-hybridized carbons (Fsp3) is 0.762. The standard InChI is InChI=1S/C42H74O4/c1-3-5-7-9-11-13-15-16-17-18-19-20-22-24-26-31-35-39-42(45)46-40(37-33-29-27-30-34-38-41(43)44)36-32-28-25-23-21-14-12-10-8-6-4-2/h5,7,11,13,16-17,19-20,40H,3-4,6,8-10,12,14-15,18,21-39H2,1-2H3,(H,43,44)/b7-5-,13-11-,17-16-,20-19-. The average Bonchev–Trinajstić information content (AvgIpc) is 3.04. The zero-order chi connectivity index (χ0) is 33.6. The van der Waals surface area contributed by atoms with Crippen LogP contribution in [0.25, 0.3) is 0 Å². The largest absolute Gasteiger partial charge is 0.481 e. The Balaban J connectivity index is 4.08. The van der Waals surface area contributed by atoms with Gasteiger partial charge in [0.05, 0.1) is 0 Å². The molecule has 0 aromatic rings. The maximum absolute atomic E-state index is 12.7. The van der Waals surface area contributed by atoms with E-state index in [0.29, 0.717) is 6.42 Å². The van der Waals surface area contributed by atoms with Gasteiger partial charge in [-0.1, -0.05) is 159 Å². The molecular weight excluding hydrogens is 568 g/mol. The van der Waals surface area contributed by atoms with Gasteiger partial charge in [-0.15, -0.1) is 0 Å². The van der Waals surface area contributed by atoms with Crippen molar-refractivity contribution in [1.29, 1.82) is 0 Å². The number of unbranched alkanes of at least 4 members (excludes halogenated alkanes) is 18. The zero-order valence-electron chi connectivity index (χ0n) is 30.4. The van der Waals surface area contributed by atoms with Gasteiger partial charge in [0.15, 0.2) is 0 Å². The minimum Gasteiger partial charge on any atom is -0.481 e. The van der Waals surface area contributed by atoms with E-state index in [2.05, 4.69) is 62.5 Å². The molecule has 0 bridgehead atoms. The summed E-state index contributed by atoms with van der Waals surface area (Å²) >= 11 is 0. The highest BCUT2D eigenvalue weighted by Crippen LogP contribution is 2.19. The number of carbonyl (C=O) groups is 2. The summed E-state index contributed by atoms with van der Waals surface area (Å²) in [7, 11) is 0. The van der Waals surface area contributed by atoms with Crippen molar-refractivity contribution in [3.63, 3.8) is 0 Å². The summed E-state index contributed by atoms with van der Waals surface area (Å²) in [6, 6.07) is 0. The molecule has 1 unspecified atom stereocenters. The molecule has 0 aliphatic rings. The molecule has 0 amide bonds. The van der Waals surface area contributed by atoms with Crippen LogP contribution in [0.5, 0.6) is 0 Å². The number of carboxylic acids is 1. The Kier molecular flexibility index (Phi) is 35.7. The lowest BCUT2D eigenvalue weighted by atomic mass is 10.0. The first-order valence-electron chi connectivity index (χ1n) is 19.6. The smallest absolute Gasteiger partial charge is 0.306 e. The molecule has 1 N–H and O–H groups in total. The van der Waals surface area contributed by atoms with Gasteiger partial charge in [-0.3, -0.25) is 9.59 Å². The van der Waals surface area contributed by atoms with Crippen molar-refractivity contribution >= 4 is 11.9 Å². The van der Waals surface area contributed by atoms with Crippen LogP contribution in [0.4, 0.5) is 0 Å². The minimum atomic E-state index is -0.704. The maximum Gasteiger partial charge on any atom is 0.306 e. The van der Waals surface area contributed by atoms with E-state index in [1.807, 2.05) is 0 Å². The number of hydrogen-bond acceptors (Lipinski definition) is 3. The van der Waals surface area contributed by atoms with Crippen molar-refractivity contribution in [1.82, 2.24) is 0 Å². The fourth-order valence-electron chi connectivity index (χ4n) is 5.70. The highest BCUT2D eigenvalue weighted by atomic mass is 16.5. The quantitative estimate of drug-likeness (QED) is 0.0424. The Bertz CT molecular complexity index is 779. The van der Waals surface area contributed by atoms with Crippen LogP contribution in [0.3, 0.4) is 0 Å². The van der Waals surface area contributed by atoms with Crippen LogP contribution in [0.2, 0.25) is 0 Å². The number of rotatable bonds is 35. The van der Waals surface area contributed by atoms with Gasteiger partial charge in [0.25, 0.3) is 0 Å². The molecule has 0 aliphatic carbocycles. The van der Waals surface area contributed by atoms with Crippen LogP contribution in [0.15, 0.2) is 48.6 Å². The molecular formula is C42H74O4.